The Labute approximate surface area is 125 Å². The zero-order chi connectivity index (χ0) is 15.2. The van der Waals surface area contributed by atoms with E-state index in [4.69, 9.17) is 9.47 Å². The molecule has 1 saturated heterocycles. The Bertz CT molecular complexity index is 479. The van der Waals surface area contributed by atoms with E-state index >= 15 is 0 Å². The molecule has 6 nitrogen and oxygen atoms in total. The zero-order valence-corrected chi connectivity index (χ0v) is 13.1. The number of aromatic nitrogens is 2. The minimum Gasteiger partial charge on any atom is -0.376 e. The molecule has 0 aromatic carbocycles. The largest absolute Gasteiger partial charge is 0.376 e. The minimum absolute atomic E-state index is 0.0914. The number of aryl methyl sites for hydroxylation is 1. The van der Waals surface area contributed by atoms with Crippen LogP contribution in [0.25, 0.3) is 0 Å². The molecule has 0 aliphatic carbocycles. The van der Waals surface area contributed by atoms with Gasteiger partial charge in [0.2, 0.25) is 5.91 Å². The lowest BCUT2D eigenvalue weighted by molar-refractivity contribution is -0.126. The lowest BCUT2D eigenvalue weighted by atomic mass is 10.2. The summed E-state index contributed by atoms with van der Waals surface area (Å²) in [7, 11) is 0. The van der Waals surface area contributed by atoms with Crippen molar-refractivity contribution in [3.63, 3.8) is 0 Å². The lowest BCUT2D eigenvalue weighted by Gasteiger charge is -2.10. The van der Waals surface area contributed by atoms with Crippen molar-refractivity contribution in [2.24, 2.45) is 0 Å². The molecule has 0 bridgehead atoms. The van der Waals surface area contributed by atoms with Gasteiger partial charge >= 0.3 is 0 Å². The first kappa shape index (κ1) is 16.0. The number of amides is 1. The number of hydrogen-bond acceptors (Lipinski definition) is 4. The van der Waals surface area contributed by atoms with Gasteiger partial charge in [-0.2, -0.15) is 5.10 Å². The van der Waals surface area contributed by atoms with E-state index in [1.54, 1.807) is 0 Å². The number of carbonyl (C=O) groups is 1. The van der Waals surface area contributed by atoms with E-state index < -0.39 is 0 Å². The van der Waals surface area contributed by atoms with Crippen LogP contribution in [0.4, 0.5) is 0 Å². The molecule has 0 radical (unpaired) electrons. The highest BCUT2D eigenvalue weighted by molar-refractivity contribution is 5.77. The lowest BCUT2D eigenvalue weighted by Crippen LogP contribution is -2.32. The molecule has 118 valence electrons. The highest BCUT2D eigenvalue weighted by Crippen LogP contribution is 2.12. The van der Waals surface area contributed by atoms with Crippen molar-refractivity contribution in [3.8, 4) is 0 Å². The number of rotatable bonds is 7. The van der Waals surface area contributed by atoms with Crippen LogP contribution >= 0.6 is 0 Å². The van der Waals surface area contributed by atoms with E-state index in [1.807, 2.05) is 18.5 Å². The molecule has 1 fully saturated rings. The monoisotopic (exact) mass is 295 g/mol. The molecule has 0 saturated carbocycles. The first-order chi connectivity index (χ1) is 10.1. The summed E-state index contributed by atoms with van der Waals surface area (Å²) in [5.41, 5.74) is 3.40. The fourth-order valence-corrected chi connectivity index (χ4v) is 2.42. The highest BCUT2D eigenvalue weighted by Gasteiger charge is 2.15. The number of nitrogens with one attached hydrogen (secondary N) is 1. The van der Waals surface area contributed by atoms with Gasteiger partial charge in [-0.25, -0.2) is 0 Å². The fraction of sp³-hybridized carbons (Fsp3) is 0.733. The van der Waals surface area contributed by atoms with Crippen molar-refractivity contribution in [1.29, 1.82) is 0 Å². The van der Waals surface area contributed by atoms with Crippen LogP contribution in [-0.2, 0) is 20.8 Å². The van der Waals surface area contributed by atoms with Gasteiger partial charge in [0.25, 0.3) is 0 Å². The van der Waals surface area contributed by atoms with Crippen LogP contribution in [0.15, 0.2) is 0 Å². The zero-order valence-electron chi connectivity index (χ0n) is 13.1. The molecule has 1 atom stereocenters. The van der Waals surface area contributed by atoms with Crippen molar-refractivity contribution in [3.05, 3.63) is 17.0 Å². The molecule has 2 heterocycles. The Hall–Kier alpha value is -1.40. The van der Waals surface area contributed by atoms with Gasteiger partial charge < -0.3 is 14.8 Å². The summed E-state index contributed by atoms with van der Waals surface area (Å²) in [6, 6.07) is 0. The molecule has 6 heteroatoms. The van der Waals surface area contributed by atoms with Crippen molar-refractivity contribution in [1.82, 2.24) is 15.1 Å². The molecule has 1 aromatic rings. The van der Waals surface area contributed by atoms with E-state index in [2.05, 4.69) is 17.3 Å². The van der Waals surface area contributed by atoms with Crippen molar-refractivity contribution in [2.75, 3.05) is 26.4 Å². The van der Waals surface area contributed by atoms with Crippen LogP contribution in [0.3, 0.4) is 0 Å². The molecular formula is C15H25N3O3. The summed E-state index contributed by atoms with van der Waals surface area (Å²) in [6.07, 6.45) is 2.27. The number of hydrogen-bond donors (Lipinski definition) is 1. The summed E-state index contributed by atoms with van der Waals surface area (Å²) in [4.78, 5) is 11.7. The van der Waals surface area contributed by atoms with E-state index in [0.29, 0.717) is 19.7 Å². The molecule has 1 aliphatic heterocycles. The van der Waals surface area contributed by atoms with Crippen LogP contribution in [0.2, 0.25) is 0 Å². The number of ether oxygens (including phenoxy) is 2. The van der Waals surface area contributed by atoms with Crippen LogP contribution in [0, 0.1) is 20.8 Å². The fourth-order valence-electron chi connectivity index (χ4n) is 2.42. The maximum atomic E-state index is 11.7. The highest BCUT2D eigenvalue weighted by atomic mass is 16.5. The van der Waals surface area contributed by atoms with Gasteiger partial charge in [-0.1, -0.05) is 0 Å². The van der Waals surface area contributed by atoms with Gasteiger partial charge in [0.05, 0.1) is 24.9 Å². The molecule has 1 aliphatic rings. The Balaban J connectivity index is 1.61. The number of nitrogens with zero attached hydrogens (tertiary/aromatic N) is 2. The average molecular weight is 295 g/mol. The minimum atomic E-state index is -0.0914. The molecule has 21 heavy (non-hydrogen) atoms. The standard InChI is InChI=1S/C15H25N3O3/c1-11-12(2)17-18(13(11)3)7-6-16-15(19)10-20-9-14-5-4-8-21-14/h14H,4-10H2,1-3H3,(H,16,19)/t14-/m0/s1. The van der Waals surface area contributed by atoms with Crippen molar-refractivity contribution < 1.29 is 14.3 Å². The van der Waals surface area contributed by atoms with Gasteiger partial charge in [-0.3, -0.25) is 9.48 Å². The van der Waals surface area contributed by atoms with Crippen molar-refractivity contribution in [2.45, 2.75) is 46.3 Å². The maximum absolute atomic E-state index is 11.7. The summed E-state index contributed by atoms with van der Waals surface area (Å²) in [5.74, 6) is -0.0914. The average Bonchev–Trinajstić information content (AvgIpc) is 3.04. The third-order valence-corrected chi connectivity index (χ3v) is 3.95. The van der Waals surface area contributed by atoms with Crippen LogP contribution in [0.5, 0.6) is 0 Å². The van der Waals surface area contributed by atoms with Gasteiger partial charge in [0, 0.05) is 18.8 Å². The van der Waals surface area contributed by atoms with E-state index in [0.717, 1.165) is 30.8 Å². The SMILES string of the molecule is Cc1nn(CCNC(=O)COC[C@@H]2CCCO2)c(C)c1C. The summed E-state index contributed by atoms with van der Waals surface area (Å²) >= 11 is 0. The van der Waals surface area contributed by atoms with Gasteiger partial charge in [0.1, 0.15) is 6.61 Å². The first-order valence-corrected chi connectivity index (χ1v) is 7.54. The van der Waals surface area contributed by atoms with E-state index in [1.165, 1.54) is 5.56 Å². The second-order valence-corrected chi connectivity index (χ2v) is 5.52. The molecule has 0 spiro atoms. The second-order valence-electron chi connectivity index (χ2n) is 5.52. The Kier molecular flexibility index (Phi) is 5.76. The van der Waals surface area contributed by atoms with Crippen LogP contribution in [0.1, 0.15) is 29.8 Å². The van der Waals surface area contributed by atoms with Crippen molar-refractivity contribution >= 4 is 5.91 Å². The predicted molar refractivity (Wildman–Crippen MR) is 79.2 cm³/mol. The molecule has 2 rings (SSSR count). The molecular weight excluding hydrogens is 270 g/mol. The third kappa shape index (κ3) is 4.54. The maximum Gasteiger partial charge on any atom is 0.246 e. The summed E-state index contributed by atoms with van der Waals surface area (Å²) < 4.78 is 12.7. The summed E-state index contributed by atoms with van der Waals surface area (Å²) in [5, 5.41) is 7.29. The van der Waals surface area contributed by atoms with Gasteiger partial charge in [-0.05, 0) is 39.2 Å². The normalized spacial score (nSPS) is 18.1. The first-order valence-electron chi connectivity index (χ1n) is 7.54. The van der Waals surface area contributed by atoms with Crippen LogP contribution in [-0.4, -0.2) is 48.2 Å². The Morgan fingerprint density at radius 2 is 2.29 bits per heavy atom. The summed E-state index contributed by atoms with van der Waals surface area (Å²) in [6.45, 7) is 8.74. The topological polar surface area (TPSA) is 65.4 Å². The predicted octanol–water partition coefficient (Wildman–Crippen LogP) is 1.12. The molecule has 1 N–H and O–H groups in total. The smallest absolute Gasteiger partial charge is 0.246 e. The van der Waals surface area contributed by atoms with Gasteiger partial charge in [0.15, 0.2) is 0 Å². The molecule has 0 unspecified atom stereocenters. The van der Waals surface area contributed by atoms with E-state index in [9.17, 15) is 4.79 Å². The van der Waals surface area contributed by atoms with Gasteiger partial charge in [-0.15, -0.1) is 0 Å². The Morgan fingerprint density at radius 1 is 1.48 bits per heavy atom. The second kappa shape index (κ2) is 7.56. The van der Waals surface area contributed by atoms with E-state index in [-0.39, 0.29) is 18.6 Å². The third-order valence-electron chi connectivity index (χ3n) is 3.95. The molecule has 1 amide bonds. The Morgan fingerprint density at radius 3 is 2.90 bits per heavy atom. The number of carbonyl (C=O) groups excluding carboxylic acids is 1. The van der Waals surface area contributed by atoms with Crippen LogP contribution < -0.4 is 5.32 Å². The quantitative estimate of drug-likeness (QED) is 0.818. The molecule has 1 aromatic heterocycles.